The highest BCUT2D eigenvalue weighted by atomic mass is 32.1. The molecule has 4 heterocycles. The van der Waals surface area contributed by atoms with Gasteiger partial charge in [-0.15, -0.1) is 0 Å². The maximum Gasteiger partial charge on any atom is 0.0836 e. The van der Waals surface area contributed by atoms with Gasteiger partial charge in [0.15, 0.2) is 0 Å². The lowest BCUT2D eigenvalue weighted by molar-refractivity contribution is -0.0479. The third-order valence-corrected chi connectivity index (χ3v) is 6.57. The minimum Gasteiger partial charge on any atom is -0.381 e. The second kappa shape index (κ2) is 7.83. The Morgan fingerprint density at radius 2 is 2.08 bits per heavy atom. The largest absolute Gasteiger partial charge is 0.381 e. The lowest BCUT2D eigenvalue weighted by atomic mass is 9.88. The Hall–Kier alpha value is -0.460. The minimum absolute atomic E-state index is 0.0888. The summed E-state index contributed by atoms with van der Waals surface area (Å²) in [5.41, 5.74) is 1.53. The molecule has 0 amide bonds. The van der Waals surface area contributed by atoms with Gasteiger partial charge in [0.05, 0.1) is 24.9 Å². The Kier molecular flexibility index (Phi) is 5.54. The summed E-state index contributed by atoms with van der Waals surface area (Å²) in [6.45, 7) is 6.85. The molecule has 3 saturated heterocycles. The average Bonchev–Trinajstić information content (AvgIpc) is 3.27. The van der Waals surface area contributed by atoms with Crippen molar-refractivity contribution in [2.24, 2.45) is 5.92 Å². The highest BCUT2D eigenvalue weighted by molar-refractivity contribution is 7.07. The second-order valence-corrected chi connectivity index (χ2v) is 8.40. The van der Waals surface area contributed by atoms with Gasteiger partial charge in [0.1, 0.15) is 0 Å². The first-order chi connectivity index (χ1) is 11.8. The highest BCUT2D eigenvalue weighted by Crippen LogP contribution is 2.37. The number of ether oxygens (including phenoxy) is 3. The quantitative estimate of drug-likeness (QED) is 0.814. The normalized spacial score (nSPS) is 28.6. The Bertz CT molecular complexity index is 493. The van der Waals surface area contributed by atoms with Crippen LogP contribution in [0.1, 0.15) is 37.7 Å². The van der Waals surface area contributed by atoms with Crippen molar-refractivity contribution in [1.82, 2.24) is 4.90 Å². The van der Waals surface area contributed by atoms with Crippen molar-refractivity contribution in [1.29, 1.82) is 0 Å². The topological polar surface area (TPSA) is 30.9 Å². The summed E-state index contributed by atoms with van der Waals surface area (Å²) in [6, 6.07) is 2.24. The average molecular weight is 352 g/mol. The molecule has 0 N–H and O–H groups in total. The molecule has 0 saturated carbocycles. The van der Waals surface area contributed by atoms with Crippen molar-refractivity contribution in [3.63, 3.8) is 0 Å². The number of nitrogens with zero attached hydrogens (tertiary/aromatic N) is 1. The predicted molar refractivity (Wildman–Crippen MR) is 95.4 cm³/mol. The third kappa shape index (κ3) is 4.20. The zero-order chi connectivity index (χ0) is 16.2. The molecule has 3 fully saturated rings. The van der Waals surface area contributed by atoms with Gasteiger partial charge in [0.25, 0.3) is 0 Å². The molecular formula is C19H29NO3S. The van der Waals surface area contributed by atoms with Crippen molar-refractivity contribution >= 4 is 11.3 Å². The van der Waals surface area contributed by atoms with E-state index in [1.165, 1.54) is 5.56 Å². The number of likely N-dealkylation sites (tertiary alicyclic amines) is 1. The first kappa shape index (κ1) is 17.0. The summed E-state index contributed by atoms with van der Waals surface area (Å²) in [7, 11) is 0. The number of thiophene rings is 1. The van der Waals surface area contributed by atoms with E-state index in [0.29, 0.717) is 12.0 Å². The number of piperidine rings is 1. The summed E-state index contributed by atoms with van der Waals surface area (Å²) < 4.78 is 17.9. The molecule has 24 heavy (non-hydrogen) atoms. The van der Waals surface area contributed by atoms with E-state index < -0.39 is 0 Å². The van der Waals surface area contributed by atoms with Gasteiger partial charge in [-0.2, -0.15) is 11.3 Å². The zero-order valence-corrected chi connectivity index (χ0v) is 15.3. The molecule has 0 aliphatic carbocycles. The van der Waals surface area contributed by atoms with Crippen molar-refractivity contribution in [2.75, 3.05) is 39.5 Å². The molecular weight excluding hydrogens is 322 g/mol. The van der Waals surface area contributed by atoms with Gasteiger partial charge in [0.2, 0.25) is 0 Å². The van der Waals surface area contributed by atoms with E-state index in [1.54, 1.807) is 11.3 Å². The maximum atomic E-state index is 6.24. The smallest absolute Gasteiger partial charge is 0.0836 e. The van der Waals surface area contributed by atoms with Crippen LogP contribution in [0.3, 0.4) is 0 Å². The summed E-state index contributed by atoms with van der Waals surface area (Å²) in [5.74, 6) is 0.683. The van der Waals surface area contributed by atoms with Crippen molar-refractivity contribution < 1.29 is 14.2 Å². The standard InChI is InChI=1S/C19H29NO3S/c1-8-21-9-2-16(1)13-22-18-11-19(23-14-18)4-6-20(7-5-19)12-17-3-10-24-15-17/h3,10,15-16,18H,1-2,4-9,11-14H2. The molecule has 1 aromatic heterocycles. The molecule has 4 rings (SSSR count). The summed E-state index contributed by atoms with van der Waals surface area (Å²) in [4.78, 5) is 2.56. The highest BCUT2D eigenvalue weighted by Gasteiger charge is 2.43. The summed E-state index contributed by atoms with van der Waals surface area (Å²) in [5, 5.41) is 4.43. The molecule has 1 aromatic rings. The van der Waals surface area contributed by atoms with Crippen molar-refractivity contribution in [3.8, 4) is 0 Å². The van der Waals surface area contributed by atoms with E-state index >= 15 is 0 Å². The molecule has 0 radical (unpaired) electrons. The van der Waals surface area contributed by atoms with Crippen LogP contribution in [0.15, 0.2) is 16.8 Å². The van der Waals surface area contributed by atoms with E-state index in [4.69, 9.17) is 14.2 Å². The van der Waals surface area contributed by atoms with Crippen molar-refractivity contribution in [2.45, 2.75) is 50.4 Å². The molecule has 1 unspecified atom stereocenters. The first-order valence-corrected chi connectivity index (χ1v) is 10.3. The van der Waals surface area contributed by atoms with Gasteiger partial charge in [-0.3, -0.25) is 4.90 Å². The molecule has 1 atom stereocenters. The molecule has 134 valence electrons. The van der Waals surface area contributed by atoms with E-state index in [9.17, 15) is 0 Å². The molecule has 5 heteroatoms. The van der Waals surface area contributed by atoms with Crippen LogP contribution >= 0.6 is 11.3 Å². The van der Waals surface area contributed by atoms with Crippen LogP contribution in [0, 0.1) is 5.92 Å². The minimum atomic E-state index is 0.0888. The van der Waals surface area contributed by atoms with E-state index in [-0.39, 0.29) is 5.60 Å². The lowest BCUT2D eigenvalue weighted by Gasteiger charge is -2.38. The maximum absolute atomic E-state index is 6.24. The first-order valence-electron chi connectivity index (χ1n) is 9.38. The molecule has 4 nitrogen and oxygen atoms in total. The van der Waals surface area contributed by atoms with Crippen LogP contribution in [0.4, 0.5) is 0 Å². The fraction of sp³-hybridized carbons (Fsp3) is 0.789. The van der Waals surface area contributed by atoms with Crippen LogP contribution in [-0.4, -0.2) is 56.1 Å². The van der Waals surface area contributed by atoms with E-state index in [0.717, 1.165) is 78.2 Å². The zero-order valence-electron chi connectivity index (χ0n) is 14.5. The van der Waals surface area contributed by atoms with Gasteiger partial charge in [0, 0.05) is 39.3 Å². The lowest BCUT2D eigenvalue weighted by Crippen LogP contribution is -2.43. The van der Waals surface area contributed by atoms with Crippen LogP contribution in [0.25, 0.3) is 0 Å². The molecule has 0 bridgehead atoms. The second-order valence-electron chi connectivity index (χ2n) is 7.62. The van der Waals surface area contributed by atoms with Gasteiger partial charge < -0.3 is 14.2 Å². The van der Waals surface area contributed by atoms with Gasteiger partial charge in [-0.05, 0) is 54.0 Å². The van der Waals surface area contributed by atoms with Gasteiger partial charge in [-0.1, -0.05) is 0 Å². The van der Waals surface area contributed by atoms with Crippen LogP contribution in [0.5, 0.6) is 0 Å². The van der Waals surface area contributed by atoms with Crippen LogP contribution in [0.2, 0.25) is 0 Å². The fourth-order valence-corrected chi connectivity index (χ4v) is 4.86. The Labute approximate surface area is 149 Å². The Morgan fingerprint density at radius 1 is 1.25 bits per heavy atom. The van der Waals surface area contributed by atoms with Gasteiger partial charge >= 0.3 is 0 Å². The monoisotopic (exact) mass is 351 g/mol. The van der Waals surface area contributed by atoms with Crippen LogP contribution < -0.4 is 0 Å². The summed E-state index contributed by atoms with van der Waals surface area (Å²) >= 11 is 1.79. The van der Waals surface area contributed by atoms with Crippen LogP contribution in [-0.2, 0) is 20.8 Å². The van der Waals surface area contributed by atoms with E-state index in [2.05, 4.69) is 21.7 Å². The molecule has 3 aliphatic rings. The number of hydrogen-bond donors (Lipinski definition) is 0. The number of hydrogen-bond acceptors (Lipinski definition) is 5. The Balaban J connectivity index is 1.20. The summed E-state index contributed by atoms with van der Waals surface area (Å²) in [6.07, 6.45) is 5.98. The molecule has 1 spiro atoms. The molecule has 0 aromatic carbocycles. The number of rotatable bonds is 5. The van der Waals surface area contributed by atoms with E-state index in [1.807, 2.05) is 0 Å². The Morgan fingerprint density at radius 3 is 2.83 bits per heavy atom. The third-order valence-electron chi connectivity index (χ3n) is 5.84. The SMILES string of the molecule is c1cc(CN2CCC3(CC2)CC(OCC2CCOCC2)CO3)cs1. The predicted octanol–water partition coefficient (Wildman–Crippen LogP) is 3.31. The van der Waals surface area contributed by atoms with Gasteiger partial charge in [-0.25, -0.2) is 0 Å². The fourth-order valence-electron chi connectivity index (χ4n) is 4.20. The van der Waals surface area contributed by atoms with Crippen molar-refractivity contribution in [3.05, 3.63) is 22.4 Å². The molecule has 3 aliphatic heterocycles.